The van der Waals surface area contributed by atoms with Crippen molar-refractivity contribution in [1.29, 1.82) is 0 Å². The summed E-state index contributed by atoms with van der Waals surface area (Å²) in [6.45, 7) is 6.43. The average Bonchev–Trinajstić information content (AvgIpc) is 2.37. The Bertz CT molecular complexity index is 614. The Hall–Kier alpha value is -1.68. The molecule has 0 amide bonds. The van der Waals surface area contributed by atoms with E-state index in [0.717, 1.165) is 11.4 Å². The molecular weight excluding hydrogens is 265 g/mol. The van der Waals surface area contributed by atoms with E-state index >= 15 is 0 Å². The lowest BCUT2D eigenvalue weighted by Gasteiger charge is -2.13. The third kappa shape index (κ3) is 2.84. The molecule has 2 rings (SSSR count). The molecule has 0 aliphatic heterocycles. The van der Waals surface area contributed by atoms with Crippen LogP contribution in [0.3, 0.4) is 0 Å². The second-order valence-electron chi connectivity index (χ2n) is 4.25. The predicted octanol–water partition coefficient (Wildman–Crippen LogP) is 3.98. The first-order valence-electron chi connectivity index (χ1n) is 6.07. The molecule has 0 bridgehead atoms. The summed E-state index contributed by atoms with van der Waals surface area (Å²) in [5.74, 6) is 0.278. The summed E-state index contributed by atoms with van der Waals surface area (Å²) in [5, 5.41) is 3.59. The summed E-state index contributed by atoms with van der Waals surface area (Å²) in [6.07, 6.45) is 0. The Morgan fingerprint density at radius 2 is 1.89 bits per heavy atom. The Morgan fingerprint density at radius 1 is 1.21 bits per heavy atom. The molecule has 0 aliphatic rings. The van der Waals surface area contributed by atoms with Gasteiger partial charge < -0.3 is 5.32 Å². The third-order valence-corrected chi connectivity index (χ3v) is 3.16. The van der Waals surface area contributed by atoms with Crippen molar-refractivity contribution in [2.24, 2.45) is 0 Å². The van der Waals surface area contributed by atoms with E-state index in [-0.39, 0.29) is 5.82 Å². The zero-order chi connectivity index (χ0) is 14.0. The molecule has 0 aliphatic carbocycles. The molecular formula is C14H15ClFN3. The van der Waals surface area contributed by atoms with Crippen molar-refractivity contribution in [3.8, 4) is 11.3 Å². The van der Waals surface area contributed by atoms with Gasteiger partial charge in [0.1, 0.15) is 11.5 Å². The van der Waals surface area contributed by atoms with Gasteiger partial charge in [0.05, 0.1) is 16.4 Å². The van der Waals surface area contributed by atoms with Crippen LogP contribution in [0.25, 0.3) is 11.3 Å². The minimum atomic E-state index is -0.345. The van der Waals surface area contributed by atoms with Gasteiger partial charge in [0.2, 0.25) is 0 Å². The minimum Gasteiger partial charge on any atom is -0.369 e. The summed E-state index contributed by atoms with van der Waals surface area (Å²) >= 11 is 6.13. The number of benzene rings is 1. The van der Waals surface area contributed by atoms with Crippen LogP contribution < -0.4 is 5.32 Å². The van der Waals surface area contributed by atoms with Gasteiger partial charge >= 0.3 is 0 Å². The number of nitrogens with one attached hydrogen (secondary N) is 1. The highest BCUT2D eigenvalue weighted by atomic mass is 35.5. The third-order valence-electron chi connectivity index (χ3n) is 2.83. The number of nitrogens with zero attached hydrogens (tertiary/aromatic N) is 2. The van der Waals surface area contributed by atoms with E-state index in [0.29, 0.717) is 28.6 Å². The molecule has 0 atom stereocenters. The molecule has 100 valence electrons. The van der Waals surface area contributed by atoms with Gasteiger partial charge in [-0.05, 0) is 39.0 Å². The van der Waals surface area contributed by atoms with Crippen LogP contribution >= 0.6 is 11.6 Å². The lowest BCUT2D eigenvalue weighted by atomic mass is 10.1. The number of anilines is 1. The van der Waals surface area contributed by atoms with Gasteiger partial charge in [-0.1, -0.05) is 11.6 Å². The normalized spacial score (nSPS) is 10.6. The Labute approximate surface area is 116 Å². The molecule has 1 N–H and O–H groups in total. The minimum absolute atomic E-state index is 0.345. The number of hydrogen-bond acceptors (Lipinski definition) is 3. The van der Waals surface area contributed by atoms with Crippen LogP contribution in [0, 0.1) is 19.7 Å². The molecule has 0 radical (unpaired) electrons. The molecule has 5 heteroatoms. The van der Waals surface area contributed by atoms with Gasteiger partial charge in [0.25, 0.3) is 0 Å². The van der Waals surface area contributed by atoms with Gasteiger partial charge in [-0.2, -0.15) is 0 Å². The number of aryl methyl sites for hydroxylation is 2. The standard InChI is InChI=1S/C14H15ClFN3/c1-4-17-14-13(18-8(2)9(3)19-14)11-7-10(16)5-6-12(11)15/h5-7H,4H2,1-3H3,(H,17,19). The van der Waals surface area contributed by atoms with E-state index < -0.39 is 0 Å². The van der Waals surface area contributed by atoms with Crippen molar-refractivity contribution in [3.63, 3.8) is 0 Å². The summed E-state index contributed by atoms with van der Waals surface area (Å²) in [6, 6.07) is 4.23. The van der Waals surface area contributed by atoms with E-state index in [1.165, 1.54) is 18.2 Å². The molecule has 0 saturated heterocycles. The van der Waals surface area contributed by atoms with Crippen molar-refractivity contribution in [2.45, 2.75) is 20.8 Å². The Morgan fingerprint density at radius 3 is 2.58 bits per heavy atom. The maximum atomic E-state index is 13.4. The van der Waals surface area contributed by atoms with Gasteiger partial charge in [0, 0.05) is 12.1 Å². The molecule has 1 aromatic carbocycles. The first-order valence-corrected chi connectivity index (χ1v) is 6.45. The molecule has 0 unspecified atom stereocenters. The van der Waals surface area contributed by atoms with E-state index in [9.17, 15) is 4.39 Å². The molecule has 2 aromatic rings. The van der Waals surface area contributed by atoms with Crippen LogP contribution in [-0.2, 0) is 0 Å². The first-order chi connectivity index (χ1) is 9.02. The fourth-order valence-electron chi connectivity index (χ4n) is 1.76. The second kappa shape index (κ2) is 5.53. The quantitative estimate of drug-likeness (QED) is 0.923. The summed E-state index contributed by atoms with van der Waals surface area (Å²) in [5.41, 5.74) is 2.77. The SMILES string of the molecule is CCNc1nc(C)c(C)nc1-c1cc(F)ccc1Cl. The van der Waals surface area contributed by atoms with Crippen molar-refractivity contribution in [3.05, 3.63) is 40.4 Å². The second-order valence-corrected chi connectivity index (χ2v) is 4.65. The van der Waals surface area contributed by atoms with E-state index in [2.05, 4.69) is 15.3 Å². The lowest BCUT2D eigenvalue weighted by Crippen LogP contribution is -2.06. The van der Waals surface area contributed by atoms with Gasteiger partial charge in [-0.15, -0.1) is 0 Å². The highest BCUT2D eigenvalue weighted by molar-refractivity contribution is 6.33. The molecule has 1 heterocycles. The van der Waals surface area contributed by atoms with Crippen LogP contribution in [0.5, 0.6) is 0 Å². The van der Waals surface area contributed by atoms with Crippen LogP contribution in [0.2, 0.25) is 5.02 Å². The van der Waals surface area contributed by atoms with Crippen LogP contribution in [0.4, 0.5) is 10.2 Å². The predicted molar refractivity (Wildman–Crippen MR) is 76.1 cm³/mol. The topological polar surface area (TPSA) is 37.8 Å². The largest absolute Gasteiger partial charge is 0.369 e. The zero-order valence-electron chi connectivity index (χ0n) is 11.1. The number of aromatic nitrogens is 2. The molecule has 3 nitrogen and oxygen atoms in total. The molecule has 1 aromatic heterocycles. The first kappa shape index (κ1) is 13.7. The smallest absolute Gasteiger partial charge is 0.152 e. The van der Waals surface area contributed by atoms with Crippen molar-refractivity contribution < 1.29 is 4.39 Å². The van der Waals surface area contributed by atoms with Crippen molar-refractivity contribution in [2.75, 3.05) is 11.9 Å². The fourth-order valence-corrected chi connectivity index (χ4v) is 1.97. The van der Waals surface area contributed by atoms with Crippen LogP contribution in [-0.4, -0.2) is 16.5 Å². The molecule has 0 spiro atoms. The molecule has 19 heavy (non-hydrogen) atoms. The Balaban J connectivity index is 2.66. The average molecular weight is 280 g/mol. The van der Waals surface area contributed by atoms with Crippen molar-refractivity contribution in [1.82, 2.24) is 9.97 Å². The van der Waals surface area contributed by atoms with Gasteiger partial charge in [-0.3, -0.25) is 0 Å². The highest BCUT2D eigenvalue weighted by Gasteiger charge is 2.14. The monoisotopic (exact) mass is 279 g/mol. The van der Waals surface area contributed by atoms with Crippen molar-refractivity contribution >= 4 is 17.4 Å². The van der Waals surface area contributed by atoms with Gasteiger partial charge in [0.15, 0.2) is 5.82 Å². The summed E-state index contributed by atoms with van der Waals surface area (Å²) in [7, 11) is 0. The number of rotatable bonds is 3. The van der Waals surface area contributed by atoms with Crippen LogP contribution in [0.1, 0.15) is 18.3 Å². The van der Waals surface area contributed by atoms with Gasteiger partial charge in [-0.25, -0.2) is 14.4 Å². The molecule has 0 fully saturated rings. The highest BCUT2D eigenvalue weighted by Crippen LogP contribution is 2.32. The lowest BCUT2D eigenvalue weighted by molar-refractivity contribution is 0.628. The zero-order valence-corrected chi connectivity index (χ0v) is 11.8. The number of halogens is 2. The molecule has 0 saturated carbocycles. The van der Waals surface area contributed by atoms with E-state index in [4.69, 9.17) is 11.6 Å². The summed E-state index contributed by atoms with van der Waals surface area (Å²) < 4.78 is 13.4. The summed E-state index contributed by atoms with van der Waals surface area (Å²) in [4.78, 5) is 8.94. The number of hydrogen-bond donors (Lipinski definition) is 1. The fraction of sp³-hybridized carbons (Fsp3) is 0.286. The van der Waals surface area contributed by atoms with E-state index in [1.54, 1.807) is 0 Å². The maximum absolute atomic E-state index is 13.4. The Kier molecular flexibility index (Phi) is 4.00. The van der Waals surface area contributed by atoms with Crippen LogP contribution in [0.15, 0.2) is 18.2 Å². The maximum Gasteiger partial charge on any atom is 0.152 e. The van der Waals surface area contributed by atoms with E-state index in [1.807, 2.05) is 20.8 Å².